The minimum atomic E-state index is -0.0105. The second-order valence-corrected chi connectivity index (χ2v) is 4.51. The number of carbonyl (C=O) groups is 1. The lowest BCUT2D eigenvalue weighted by molar-refractivity contribution is -0.137. The summed E-state index contributed by atoms with van der Waals surface area (Å²) in [5, 5.41) is 0. The van der Waals surface area contributed by atoms with Crippen molar-refractivity contribution >= 4 is 5.91 Å². The van der Waals surface area contributed by atoms with Crippen LogP contribution in [-0.2, 0) is 14.3 Å². The van der Waals surface area contributed by atoms with Crippen LogP contribution in [0.2, 0.25) is 0 Å². The van der Waals surface area contributed by atoms with Crippen LogP contribution in [0.1, 0.15) is 19.3 Å². The molecule has 100 valence electrons. The Bertz CT molecular complexity index is 228. The van der Waals surface area contributed by atoms with Crippen molar-refractivity contribution in [1.29, 1.82) is 0 Å². The maximum absolute atomic E-state index is 12.3. The summed E-state index contributed by atoms with van der Waals surface area (Å²) in [5.74, 6) is 0.146. The Kier molecular flexibility index (Phi) is 6.47. The van der Waals surface area contributed by atoms with Gasteiger partial charge in [0.05, 0.1) is 19.1 Å². The summed E-state index contributed by atoms with van der Waals surface area (Å²) in [4.78, 5) is 14.1. The summed E-state index contributed by atoms with van der Waals surface area (Å²) in [7, 11) is 3.28. The van der Waals surface area contributed by atoms with Crippen molar-refractivity contribution in [2.75, 3.05) is 40.5 Å². The van der Waals surface area contributed by atoms with Crippen LogP contribution in [0.25, 0.3) is 0 Å². The van der Waals surface area contributed by atoms with Crippen LogP contribution in [0, 0.1) is 5.92 Å². The van der Waals surface area contributed by atoms with Crippen LogP contribution >= 0.6 is 0 Å². The molecule has 1 amide bonds. The lowest BCUT2D eigenvalue weighted by atomic mass is 10.0. The molecule has 1 aliphatic carbocycles. The molecule has 1 fully saturated rings. The van der Waals surface area contributed by atoms with E-state index in [2.05, 4.69) is 0 Å². The molecule has 0 aromatic rings. The first kappa shape index (κ1) is 14.4. The normalized spacial score (nSPS) is 23.9. The third kappa shape index (κ3) is 4.26. The molecule has 2 atom stereocenters. The molecule has 0 radical (unpaired) electrons. The lowest BCUT2D eigenvalue weighted by Crippen LogP contribution is -2.44. The highest BCUT2D eigenvalue weighted by Crippen LogP contribution is 2.25. The fourth-order valence-corrected chi connectivity index (χ4v) is 2.26. The van der Waals surface area contributed by atoms with E-state index in [0.717, 1.165) is 19.3 Å². The monoisotopic (exact) mass is 244 g/mol. The largest absolute Gasteiger partial charge is 0.383 e. The van der Waals surface area contributed by atoms with Crippen molar-refractivity contribution in [3.63, 3.8) is 0 Å². The highest BCUT2D eigenvalue weighted by atomic mass is 16.5. The van der Waals surface area contributed by atoms with E-state index in [-0.39, 0.29) is 17.9 Å². The van der Waals surface area contributed by atoms with Crippen LogP contribution in [0.3, 0.4) is 0 Å². The molecule has 17 heavy (non-hydrogen) atoms. The van der Waals surface area contributed by atoms with Crippen LogP contribution < -0.4 is 5.73 Å². The molecule has 1 saturated carbocycles. The third-order valence-corrected chi connectivity index (χ3v) is 3.33. The average Bonchev–Trinajstić information content (AvgIpc) is 2.75. The van der Waals surface area contributed by atoms with Gasteiger partial charge in [0.2, 0.25) is 5.91 Å². The molecule has 0 aromatic carbocycles. The number of hydrogen-bond acceptors (Lipinski definition) is 4. The summed E-state index contributed by atoms with van der Waals surface area (Å²) >= 11 is 0. The Balaban J connectivity index is 2.51. The predicted octanol–water partition coefficient (Wildman–Crippen LogP) is 0.235. The van der Waals surface area contributed by atoms with Gasteiger partial charge in [0, 0.05) is 33.4 Å². The SMILES string of the molecule is COCCN(CCOC)C(=O)C1CCCC1N. The van der Waals surface area contributed by atoms with Crippen LogP contribution in [-0.4, -0.2) is 57.4 Å². The number of nitrogens with two attached hydrogens (primary N) is 1. The number of hydrogen-bond donors (Lipinski definition) is 1. The standard InChI is InChI=1S/C12H24N2O3/c1-16-8-6-14(7-9-17-2)12(15)10-4-3-5-11(10)13/h10-11H,3-9,13H2,1-2H3. The van der Waals surface area contributed by atoms with Crippen LogP contribution in [0.15, 0.2) is 0 Å². The summed E-state index contributed by atoms with van der Waals surface area (Å²) in [5.41, 5.74) is 5.97. The second-order valence-electron chi connectivity index (χ2n) is 4.51. The van der Waals surface area contributed by atoms with E-state index in [9.17, 15) is 4.79 Å². The molecule has 0 saturated heterocycles. The van der Waals surface area contributed by atoms with Crippen molar-refractivity contribution < 1.29 is 14.3 Å². The van der Waals surface area contributed by atoms with E-state index in [1.54, 1.807) is 14.2 Å². The zero-order valence-corrected chi connectivity index (χ0v) is 10.9. The van der Waals surface area contributed by atoms with Crippen molar-refractivity contribution in [1.82, 2.24) is 4.90 Å². The molecule has 0 aliphatic heterocycles. The zero-order chi connectivity index (χ0) is 12.7. The lowest BCUT2D eigenvalue weighted by Gasteiger charge is -2.26. The quantitative estimate of drug-likeness (QED) is 0.696. The van der Waals surface area contributed by atoms with Gasteiger partial charge < -0.3 is 20.1 Å². The fraction of sp³-hybridized carbons (Fsp3) is 0.917. The molecule has 0 aromatic heterocycles. The van der Waals surface area contributed by atoms with E-state index >= 15 is 0 Å². The minimum Gasteiger partial charge on any atom is -0.383 e. The van der Waals surface area contributed by atoms with Crippen molar-refractivity contribution in [3.05, 3.63) is 0 Å². The fourth-order valence-electron chi connectivity index (χ4n) is 2.26. The zero-order valence-electron chi connectivity index (χ0n) is 10.9. The molecular formula is C12H24N2O3. The number of methoxy groups -OCH3 is 2. The van der Waals surface area contributed by atoms with Gasteiger partial charge in [0.15, 0.2) is 0 Å². The molecule has 2 N–H and O–H groups in total. The summed E-state index contributed by atoms with van der Waals surface area (Å²) in [6.07, 6.45) is 2.93. The molecule has 0 spiro atoms. The Morgan fingerprint density at radius 1 is 1.24 bits per heavy atom. The minimum absolute atomic E-state index is 0.0105. The molecule has 5 heteroatoms. The van der Waals surface area contributed by atoms with Gasteiger partial charge in [-0.15, -0.1) is 0 Å². The van der Waals surface area contributed by atoms with E-state index < -0.39 is 0 Å². The first-order chi connectivity index (χ1) is 8.20. The van der Waals surface area contributed by atoms with Gasteiger partial charge in [-0.2, -0.15) is 0 Å². The topological polar surface area (TPSA) is 64.8 Å². The summed E-state index contributed by atoms with van der Waals surface area (Å²) in [6.45, 7) is 2.33. The maximum Gasteiger partial charge on any atom is 0.227 e. The maximum atomic E-state index is 12.3. The van der Waals surface area contributed by atoms with Crippen LogP contribution in [0.5, 0.6) is 0 Å². The van der Waals surface area contributed by atoms with Crippen molar-refractivity contribution in [3.8, 4) is 0 Å². The highest BCUT2D eigenvalue weighted by Gasteiger charge is 2.32. The summed E-state index contributed by atoms with van der Waals surface area (Å²) in [6, 6.07) is 0.0232. The first-order valence-corrected chi connectivity index (χ1v) is 6.23. The van der Waals surface area contributed by atoms with E-state index in [4.69, 9.17) is 15.2 Å². The first-order valence-electron chi connectivity index (χ1n) is 6.23. The van der Waals surface area contributed by atoms with Gasteiger partial charge in [-0.05, 0) is 12.8 Å². The van der Waals surface area contributed by atoms with Gasteiger partial charge in [0.1, 0.15) is 0 Å². The average molecular weight is 244 g/mol. The van der Waals surface area contributed by atoms with E-state index in [1.807, 2.05) is 4.90 Å². The van der Waals surface area contributed by atoms with Gasteiger partial charge in [-0.3, -0.25) is 4.79 Å². The third-order valence-electron chi connectivity index (χ3n) is 3.33. The molecule has 5 nitrogen and oxygen atoms in total. The van der Waals surface area contributed by atoms with Gasteiger partial charge in [-0.1, -0.05) is 6.42 Å². The molecule has 1 rings (SSSR count). The highest BCUT2D eigenvalue weighted by molar-refractivity contribution is 5.79. The number of carbonyl (C=O) groups excluding carboxylic acids is 1. The smallest absolute Gasteiger partial charge is 0.227 e. The number of ether oxygens (including phenoxy) is 2. The Morgan fingerprint density at radius 3 is 2.24 bits per heavy atom. The summed E-state index contributed by atoms with van der Waals surface area (Å²) < 4.78 is 10.1. The molecule has 0 heterocycles. The van der Waals surface area contributed by atoms with Gasteiger partial charge in [-0.25, -0.2) is 0 Å². The Hall–Kier alpha value is -0.650. The number of rotatable bonds is 7. The Labute approximate surface area is 103 Å². The van der Waals surface area contributed by atoms with E-state index in [0.29, 0.717) is 26.3 Å². The van der Waals surface area contributed by atoms with E-state index in [1.165, 1.54) is 0 Å². The second kappa shape index (κ2) is 7.63. The van der Waals surface area contributed by atoms with Gasteiger partial charge >= 0.3 is 0 Å². The van der Waals surface area contributed by atoms with Crippen molar-refractivity contribution in [2.24, 2.45) is 11.7 Å². The molecule has 2 unspecified atom stereocenters. The number of nitrogens with zero attached hydrogens (tertiary/aromatic N) is 1. The van der Waals surface area contributed by atoms with Crippen LogP contribution in [0.4, 0.5) is 0 Å². The predicted molar refractivity (Wildman–Crippen MR) is 65.6 cm³/mol. The molecular weight excluding hydrogens is 220 g/mol. The molecule has 0 bridgehead atoms. The number of amides is 1. The molecule has 1 aliphatic rings. The van der Waals surface area contributed by atoms with Gasteiger partial charge in [0.25, 0.3) is 0 Å². The van der Waals surface area contributed by atoms with Crippen molar-refractivity contribution in [2.45, 2.75) is 25.3 Å². The Morgan fingerprint density at radius 2 is 1.82 bits per heavy atom.